The van der Waals surface area contributed by atoms with E-state index >= 15 is 0 Å². The number of aryl methyl sites for hydroxylation is 2. The molecule has 0 aliphatic carbocycles. The van der Waals surface area contributed by atoms with Crippen LogP contribution < -0.4 is 16.4 Å². The number of nitrogens with zero attached hydrogens (tertiary/aromatic N) is 2. The number of fused-ring (bicyclic) bond motifs is 1. The third-order valence-corrected chi connectivity index (χ3v) is 6.20. The van der Waals surface area contributed by atoms with Crippen LogP contribution in [0.15, 0.2) is 59.4 Å². The average Bonchev–Trinajstić information content (AvgIpc) is 3.20. The molecule has 32 heavy (non-hydrogen) atoms. The monoisotopic (exact) mass is 450 g/mol. The fourth-order valence-corrected chi connectivity index (χ4v) is 4.41. The molecule has 4 rings (SSSR count). The molecule has 2 N–H and O–H groups in total. The number of halogens is 1. The minimum absolute atomic E-state index is 0.0386. The molecule has 0 saturated carbocycles. The van der Waals surface area contributed by atoms with E-state index in [9.17, 15) is 18.8 Å². The van der Waals surface area contributed by atoms with Gasteiger partial charge >= 0.3 is 0 Å². The topological polar surface area (TPSA) is 93.1 Å². The first kappa shape index (κ1) is 21.4. The number of aromatic nitrogens is 2. The highest BCUT2D eigenvalue weighted by Gasteiger charge is 2.18. The summed E-state index contributed by atoms with van der Waals surface area (Å²) in [6.07, 6.45) is 0. The molecule has 0 aliphatic rings. The molecule has 4 aromatic rings. The summed E-state index contributed by atoms with van der Waals surface area (Å²) in [5, 5.41) is 4.92. The van der Waals surface area contributed by atoms with Gasteiger partial charge in [-0.3, -0.25) is 25.2 Å². The van der Waals surface area contributed by atoms with Gasteiger partial charge in [0.05, 0.1) is 10.3 Å². The second-order valence-electron chi connectivity index (χ2n) is 7.05. The van der Waals surface area contributed by atoms with E-state index in [1.165, 1.54) is 28.2 Å². The Morgan fingerprint density at radius 2 is 1.69 bits per heavy atom. The minimum Gasteiger partial charge on any atom is -0.267 e. The standard InChI is InChI=1S/C23H19FN4O3S/c1-3-28-23(31)17-7-5-4-6-16(17)19(27-28)22(30)26-25-21(29)18-12-13(2)20(32-18)14-8-10-15(24)11-9-14/h4-12H,3H2,1-2H3,(H,25,29)(H,26,30). The molecular weight excluding hydrogens is 431 g/mol. The summed E-state index contributed by atoms with van der Waals surface area (Å²) in [6.45, 7) is 3.91. The number of amides is 2. The second-order valence-corrected chi connectivity index (χ2v) is 8.11. The van der Waals surface area contributed by atoms with Crippen LogP contribution in [0.3, 0.4) is 0 Å². The van der Waals surface area contributed by atoms with Crippen molar-refractivity contribution in [3.63, 3.8) is 0 Å². The van der Waals surface area contributed by atoms with Crippen LogP contribution in [0.2, 0.25) is 0 Å². The molecule has 2 aromatic carbocycles. The zero-order chi connectivity index (χ0) is 22.8. The molecule has 9 heteroatoms. The van der Waals surface area contributed by atoms with Gasteiger partial charge in [0.15, 0.2) is 5.69 Å². The van der Waals surface area contributed by atoms with Crippen molar-refractivity contribution in [1.29, 1.82) is 0 Å². The van der Waals surface area contributed by atoms with Gasteiger partial charge in [-0.2, -0.15) is 5.10 Å². The number of benzene rings is 2. The lowest BCUT2D eigenvalue weighted by Crippen LogP contribution is -2.42. The van der Waals surface area contributed by atoms with E-state index in [1.807, 2.05) is 6.92 Å². The number of thiophene rings is 1. The molecule has 0 bridgehead atoms. The van der Waals surface area contributed by atoms with Gasteiger partial charge in [-0.1, -0.05) is 30.3 Å². The van der Waals surface area contributed by atoms with Crippen molar-refractivity contribution in [2.24, 2.45) is 0 Å². The first-order valence-electron chi connectivity index (χ1n) is 9.86. The lowest BCUT2D eigenvalue weighted by atomic mass is 10.1. The maximum absolute atomic E-state index is 13.2. The lowest BCUT2D eigenvalue weighted by molar-refractivity contribution is 0.0846. The second kappa shape index (κ2) is 8.72. The summed E-state index contributed by atoms with van der Waals surface area (Å²) >= 11 is 1.24. The van der Waals surface area contributed by atoms with Crippen LogP contribution in [-0.2, 0) is 6.54 Å². The molecule has 0 aliphatic heterocycles. The lowest BCUT2D eigenvalue weighted by Gasteiger charge is -2.10. The van der Waals surface area contributed by atoms with Crippen LogP contribution in [0.5, 0.6) is 0 Å². The van der Waals surface area contributed by atoms with Crippen molar-refractivity contribution in [2.75, 3.05) is 0 Å². The molecule has 0 radical (unpaired) electrons. The Balaban J connectivity index is 1.55. The SMILES string of the molecule is CCn1nc(C(=O)NNC(=O)c2cc(C)c(-c3ccc(F)cc3)s2)c2ccccc2c1=O. The van der Waals surface area contributed by atoms with Crippen molar-refractivity contribution in [3.8, 4) is 10.4 Å². The third-order valence-electron chi connectivity index (χ3n) is 4.92. The van der Waals surface area contributed by atoms with Crippen molar-refractivity contribution in [1.82, 2.24) is 20.6 Å². The van der Waals surface area contributed by atoms with E-state index < -0.39 is 11.8 Å². The minimum atomic E-state index is -0.635. The molecule has 0 fully saturated rings. The third kappa shape index (κ3) is 4.02. The molecule has 2 amide bonds. The maximum Gasteiger partial charge on any atom is 0.290 e. The molecule has 2 aromatic heterocycles. The highest BCUT2D eigenvalue weighted by atomic mass is 32.1. The van der Waals surface area contributed by atoms with Gasteiger partial charge in [0.25, 0.3) is 17.4 Å². The summed E-state index contributed by atoms with van der Waals surface area (Å²) in [6, 6.07) is 14.4. The van der Waals surface area contributed by atoms with Crippen LogP contribution in [0.1, 0.15) is 32.6 Å². The molecule has 162 valence electrons. The molecule has 0 spiro atoms. The van der Waals surface area contributed by atoms with E-state index in [0.717, 1.165) is 16.0 Å². The molecule has 0 saturated heterocycles. The largest absolute Gasteiger partial charge is 0.290 e. The molecule has 7 nitrogen and oxygen atoms in total. The Kier molecular flexibility index (Phi) is 5.83. The summed E-state index contributed by atoms with van der Waals surface area (Å²) < 4.78 is 14.4. The summed E-state index contributed by atoms with van der Waals surface area (Å²) in [4.78, 5) is 39.0. The number of carbonyl (C=O) groups excluding carboxylic acids is 2. The number of nitrogens with one attached hydrogen (secondary N) is 2. The Morgan fingerprint density at radius 1 is 1.03 bits per heavy atom. The highest BCUT2D eigenvalue weighted by molar-refractivity contribution is 7.17. The number of hydrazine groups is 1. The molecule has 0 atom stereocenters. The van der Waals surface area contributed by atoms with Gasteiger partial charge in [0.1, 0.15) is 5.82 Å². The van der Waals surface area contributed by atoms with E-state index in [-0.39, 0.29) is 17.1 Å². The van der Waals surface area contributed by atoms with Gasteiger partial charge in [-0.15, -0.1) is 11.3 Å². The fourth-order valence-electron chi connectivity index (χ4n) is 3.33. The quantitative estimate of drug-likeness (QED) is 0.464. The first-order valence-corrected chi connectivity index (χ1v) is 10.7. The van der Waals surface area contributed by atoms with E-state index in [1.54, 1.807) is 49.4 Å². The Bertz CT molecular complexity index is 1390. The van der Waals surface area contributed by atoms with Crippen LogP contribution >= 0.6 is 11.3 Å². The van der Waals surface area contributed by atoms with E-state index in [4.69, 9.17) is 0 Å². The van der Waals surface area contributed by atoms with Crippen molar-refractivity contribution in [2.45, 2.75) is 20.4 Å². The maximum atomic E-state index is 13.2. The Labute approximate surface area is 186 Å². The van der Waals surface area contributed by atoms with Crippen molar-refractivity contribution >= 4 is 33.9 Å². The summed E-state index contributed by atoms with van der Waals surface area (Å²) in [5.41, 5.74) is 6.19. The van der Waals surface area contributed by atoms with Gasteiger partial charge in [-0.25, -0.2) is 9.07 Å². The average molecular weight is 450 g/mol. The van der Waals surface area contributed by atoms with Crippen LogP contribution in [0.25, 0.3) is 21.2 Å². The van der Waals surface area contributed by atoms with Gasteiger partial charge < -0.3 is 0 Å². The smallest absolute Gasteiger partial charge is 0.267 e. The predicted octanol–water partition coefficient (Wildman–Crippen LogP) is 3.67. The normalized spacial score (nSPS) is 10.8. The van der Waals surface area contributed by atoms with E-state index in [0.29, 0.717) is 22.2 Å². The predicted molar refractivity (Wildman–Crippen MR) is 121 cm³/mol. The summed E-state index contributed by atoms with van der Waals surface area (Å²) in [7, 11) is 0. The van der Waals surface area contributed by atoms with Crippen LogP contribution in [0.4, 0.5) is 4.39 Å². The Morgan fingerprint density at radius 3 is 2.38 bits per heavy atom. The van der Waals surface area contributed by atoms with Crippen molar-refractivity contribution < 1.29 is 14.0 Å². The molecular formula is C23H19FN4O3S. The molecule has 2 heterocycles. The molecule has 0 unspecified atom stereocenters. The van der Waals surface area contributed by atoms with Crippen LogP contribution in [0, 0.1) is 12.7 Å². The van der Waals surface area contributed by atoms with E-state index in [2.05, 4.69) is 16.0 Å². The number of hydrogen-bond acceptors (Lipinski definition) is 5. The highest BCUT2D eigenvalue weighted by Crippen LogP contribution is 2.32. The fraction of sp³-hybridized carbons (Fsp3) is 0.130. The number of rotatable bonds is 4. The summed E-state index contributed by atoms with van der Waals surface area (Å²) in [5.74, 6) is -1.46. The zero-order valence-electron chi connectivity index (χ0n) is 17.3. The number of hydrogen-bond donors (Lipinski definition) is 2. The van der Waals surface area contributed by atoms with Gasteiger partial charge in [0, 0.05) is 16.8 Å². The Hall–Kier alpha value is -3.85. The number of carbonyl (C=O) groups is 2. The van der Waals surface area contributed by atoms with Gasteiger partial charge in [-0.05, 0) is 49.2 Å². The van der Waals surface area contributed by atoms with Crippen molar-refractivity contribution in [3.05, 3.63) is 86.9 Å². The van der Waals surface area contributed by atoms with Crippen LogP contribution in [-0.4, -0.2) is 21.6 Å². The first-order chi connectivity index (χ1) is 15.4. The zero-order valence-corrected chi connectivity index (χ0v) is 18.1. The van der Waals surface area contributed by atoms with Gasteiger partial charge in [0.2, 0.25) is 0 Å².